The Morgan fingerprint density at radius 3 is 2.30 bits per heavy atom. The third kappa shape index (κ3) is 5.08. The molecule has 3 rings (SSSR count). The molecule has 0 unspecified atom stereocenters. The second kappa shape index (κ2) is 8.87. The minimum atomic E-state index is -4.00. The van der Waals surface area contributed by atoms with Crippen LogP contribution in [0.1, 0.15) is 19.3 Å². The Morgan fingerprint density at radius 2 is 1.73 bits per heavy atom. The van der Waals surface area contributed by atoms with Gasteiger partial charge >= 0.3 is 0 Å². The number of piperidine rings is 1. The summed E-state index contributed by atoms with van der Waals surface area (Å²) in [6.45, 7) is 0.369. The average Bonchev–Trinajstić information content (AvgIpc) is 2.69. The van der Waals surface area contributed by atoms with Crippen LogP contribution in [0.25, 0.3) is 0 Å². The van der Waals surface area contributed by atoms with Gasteiger partial charge in [-0.3, -0.25) is 4.79 Å². The highest BCUT2D eigenvalue weighted by Gasteiger charge is 2.40. The Labute approximate surface area is 178 Å². The molecule has 0 bridgehead atoms. The molecule has 6 nitrogen and oxygen atoms in total. The molecule has 2 aromatic carbocycles. The number of hydrogen-bond donors (Lipinski definition) is 1. The molecule has 2 aromatic rings. The quantitative estimate of drug-likeness (QED) is 0.689. The summed E-state index contributed by atoms with van der Waals surface area (Å²) < 4.78 is 59.2. The number of primary amides is 1. The summed E-state index contributed by atoms with van der Waals surface area (Å²) in [4.78, 5) is 11.3. The van der Waals surface area contributed by atoms with Crippen molar-refractivity contribution in [3.63, 3.8) is 0 Å². The fourth-order valence-electron chi connectivity index (χ4n) is 3.50. The Hall–Kier alpha value is -2.23. The van der Waals surface area contributed by atoms with E-state index in [-0.39, 0.29) is 31.0 Å². The van der Waals surface area contributed by atoms with E-state index in [0.29, 0.717) is 29.7 Å². The maximum absolute atomic E-state index is 13.5. The number of benzene rings is 2. The fourth-order valence-corrected chi connectivity index (χ4v) is 5.08. The molecule has 30 heavy (non-hydrogen) atoms. The van der Waals surface area contributed by atoms with E-state index < -0.39 is 33.0 Å². The zero-order valence-corrected chi connectivity index (χ0v) is 17.6. The van der Waals surface area contributed by atoms with Crippen molar-refractivity contribution >= 4 is 27.5 Å². The van der Waals surface area contributed by atoms with Crippen LogP contribution in [0.15, 0.2) is 47.4 Å². The molecule has 0 saturated carbocycles. The molecule has 1 aliphatic rings. The monoisotopic (exact) mass is 458 g/mol. The predicted molar refractivity (Wildman–Crippen MR) is 108 cm³/mol. The summed E-state index contributed by atoms with van der Waals surface area (Å²) in [5, 5.41) is 0.560. The Bertz CT molecular complexity index is 1020. The predicted octanol–water partition coefficient (Wildman–Crippen LogP) is 3.34. The topological polar surface area (TPSA) is 89.7 Å². The van der Waals surface area contributed by atoms with Crippen molar-refractivity contribution < 1.29 is 26.7 Å². The minimum Gasteiger partial charge on any atom is -0.493 e. The first-order valence-electron chi connectivity index (χ1n) is 9.23. The van der Waals surface area contributed by atoms with E-state index in [1.807, 2.05) is 0 Å². The zero-order chi connectivity index (χ0) is 21.9. The average molecular weight is 459 g/mol. The van der Waals surface area contributed by atoms with Gasteiger partial charge in [-0.2, -0.15) is 4.31 Å². The second-order valence-electron chi connectivity index (χ2n) is 7.37. The number of carbonyl (C=O) groups is 1. The normalized spacial score (nSPS) is 16.9. The van der Waals surface area contributed by atoms with Crippen molar-refractivity contribution in [3.8, 4) is 5.75 Å². The lowest BCUT2D eigenvalue weighted by Crippen LogP contribution is -2.47. The SMILES string of the molecule is NC(=O)CC1(COc2ccc(Cl)cc2)CCN(S(=O)(=O)c2ccc(F)c(F)c2)CC1. The number of carbonyl (C=O) groups excluding carboxylic acids is 1. The number of amides is 1. The summed E-state index contributed by atoms with van der Waals surface area (Å²) in [7, 11) is -4.00. The van der Waals surface area contributed by atoms with E-state index in [2.05, 4.69) is 0 Å². The molecule has 0 aliphatic carbocycles. The zero-order valence-electron chi connectivity index (χ0n) is 16.0. The van der Waals surface area contributed by atoms with Gasteiger partial charge in [0.2, 0.25) is 15.9 Å². The summed E-state index contributed by atoms with van der Waals surface area (Å²) in [5.74, 6) is -2.29. The maximum atomic E-state index is 13.5. The van der Waals surface area contributed by atoms with Crippen LogP contribution in [0, 0.1) is 17.0 Å². The van der Waals surface area contributed by atoms with Crippen molar-refractivity contribution in [1.29, 1.82) is 0 Å². The van der Waals surface area contributed by atoms with Crippen molar-refractivity contribution in [2.45, 2.75) is 24.2 Å². The number of halogens is 3. The van der Waals surface area contributed by atoms with Gasteiger partial charge in [-0.1, -0.05) is 11.6 Å². The fraction of sp³-hybridized carbons (Fsp3) is 0.350. The number of ether oxygens (including phenoxy) is 1. The van der Waals surface area contributed by atoms with Gasteiger partial charge in [0.25, 0.3) is 0 Å². The highest BCUT2D eigenvalue weighted by Crippen LogP contribution is 2.37. The standard InChI is InChI=1S/C20H21ClF2N2O4S/c21-14-1-3-15(4-2-14)29-13-20(12-19(24)26)7-9-25(10-8-20)30(27,28)16-5-6-17(22)18(23)11-16/h1-6,11H,7-10,12-13H2,(H2,24,26). The van der Waals surface area contributed by atoms with Crippen LogP contribution >= 0.6 is 11.6 Å². The van der Waals surface area contributed by atoms with Gasteiger partial charge in [0.05, 0.1) is 11.5 Å². The number of rotatable bonds is 7. The van der Waals surface area contributed by atoms with Gasteiger partial charge < -0.3 is 10.5 Å². The highest BCUT2D eigenvalue weighted by atomic mass is 35.5. The molecular weight excluding hydrogens is 438 g/mol. The van der Waals surface area contributed by atoms with E-state index >= 15 is 0 Å². The minimum absolute atomic E-state index is 0.0413. The van der Waals surface area contributed by atoms with E-state index in [1.54, 1.807) is 24.3 Å². The maximum Gasteiger partial charge on any atom is 0.243 e. The van der Waals surface area contributed by atoms with Crippen molar-refractivity contribution in [1.82, 2.24) is 4.31 Å². The molecule has 0 atom stereocenters. The van der Waals surface area contributed by atoms with Crippen LogP contribution in [0.3, 0.4) is 0 Å². The Kier molecular flexibility index (Phi) is 6.64. The molecule has 1 fully saturated rings. The van der Waals surface area contributed by atoms with Gasteiger partial charge in [0.1, 0.15) is 5.75 Å². The molecule has 1 saturated heterocycles. The molecule has 162 valence electrons. The number of sulfonamides is 1. The smallest absolute Gasteiger partial charge is 0.243 e. The molecular formula is C20H21ClF2N2O4S. The van der Waals surface area contributed by atoms with Crippen molar-refractivity contribution in [3.05, 3.63) is 59.1 Å². The molecule has 2 N–H and O–H groups in total. The summed E-state index contributed by atoms with van der Waals surface area (Å²) in [5.41, 5.74) is 4.79. The first-order valence-corrected chi connectivity index (χ1v) is 11.1. The van der Waals surface area contributed by atoms with Gasteiger partial charge in [-0.05, 0) is 55.3 Å². The summed E-state index contributed by atoms with van der Waals surface area (Å²) >= 11 is 5.86. The van der Waals surface area contributed by atoms with Gasteiger partial charge in [-0.15, -0.1) is 0 Å². The number of nitrogens with two attached hydrogens (primary N) is 1. The van der Waals surface area contributed by atoms with Crippen LogP contribution in [0.2, 0.25) is 5.02 Å². The van der Waals surface area contributed by atoms with Gasteiger partial charge in [-0.25, -0.2) is 17.2 Å². The third-order valence-electron chi connectivity index (χ3n) is 5.22. The third-order valence-corrected chi connectivity index (χ3v) is 7.37. The van der Waals surface area contributed by atoms with Gasteiger partial charge in [0.15, 0.2) is 11.6 Å². The van der Waals surface area contributed by atoms with Crippen LogP contribution in [0.4, 0.5) is 8.78 Å². The molecule has 10 heteroatoms. The van der Waals surface area contributed by atoms with Crippen molar-refractivity contribution in [2.75, 3.05) is 19.7 Å². The molecule has 1 aliphatic heterocycles. The number of hydrogen-bond acceptors (Lipinski definition) is 4. The second-order valence-corrected chi connectivity index (χ2v) is 9.74. The van der Waals surface area contributed by atoms with Crippen LogP contribution in [-0.4, -0.2) is 38.3 Å². The lowest BCUT2D eigenvalue weighted by Gasteiger charge is -2.40. The Balaban J connectivity index is 1.73. The highest BCUT2D eigenvalue weighted by molar-refractivity contribution is 7.89. The van der Waals surface area contributed by atoms with E-state index in [9.17, 15) is 22.0 Å². The molecule has 0 aromatic heterocycles. The van der Waals surface area contributed by atoms with E-state index in [0.717, 1.165) is 12.1 Å². The first kappa shape index (κ1) is 22.5. The van der Waals surface area contributed by atoms with E-state index in [1.165, 1.54) is 4.31 Å². The van der Waals surface area contributed by atoms with Crippen LogP contribution in [-0.2, 0) is 14.8 Å². The van der Waals surface area contributed by atoms with Gasteiger partial charge in [0, 0.05) is 29.9 Å². The lowest BCUT2D eigenvalue weighted by atomic mass is 9.76. The van der Waals surface area contributed by atoms with E-state index in [4.69, 9.17) is 22.1 Å². The summed E-state index contributed by atoms with van der Waals surface area (Å²) in [6, 6.07) is 9.22. The molecule has 1 amide bonds. The molecule has 0 radical (unpaired) electrons. The van der Waals surface area contributed by atoms with Crippen molar-refractivity contribution in [2.24, 2.45) is 11.1 Å². The lowest BCUT2D eigenvalue weighted by molar-refractivity contribution is -0.121. The van der Waals surface area contributed by atoms with Crippen LogP contribution < -0.4 is 10.5 Å². The van der Waals surface area contributed by atoms with Crippen LogP contribution in [0.5, 0.6) is 5.75 Å². The molecule has 0 spiro atoms. The Morgan fingerprint density at radius 1 is 1.10 bits per heavy atom. The largest absolute Gasteiger partial charge is 0.493 e. The summed E-state index contributed by atoms with van der Waals surface area (Å²) in [6.07, 6.45) is 0.693. The number of nitrogens with zero attached hydrogens (tertiary/aromatic N) is 1. The first-order chi connectivity index (χ1) is 14.1. The molecule has 1 heterocycles.